The van der Waals surface area contributed by atoms with Gasteiger partial charge in [0.15, 0.2) is 0 Å². The third-order valence-electron chi connectivity index (χ3n) is 4.12. The summed E-state index contributed by atoms with van der Waals surface area (Å²) in [5, 5.41) is 3.31. The Kier molecular flexibility index (Phi) is 4.93. The first-order chi connectivity index (χ1) is 10.7. The van der Waals surface area contributed by atoms with Gasteiger partial charge in [-0.25, -0.2) is 9.97 Å². The van der Waals surface area contributed by atoms with Gasteiger partial charge >= 0.3 is 0 Å². The Balaban J connectivity index is 1.56. The predicted molar refractivity (Wildman–Crippen MR) is 94.1 cm³/mol. The molecule has 1 fully saturated rings. The molecule has 1 aliphatic heterocycles. The Morgan fingerprint density at radius 3 is 2.59 bits per heavy atom. The summed E-state index contributed by atoms with van der Waals surface area (Å²) in [6.07, 6.45) is 6.28. The van der Waals surface area contributed by atoms with Crippen molar-refractivity contribution in [1.82, 2.24) is 9.97 Å². The zero-order valence-electron chi connectivity index (χ0n) is 12.8. The van der Waals surface area contributed by atoms with Crippen molar-refractivity contribution in [3.63, 3.8) is 0 Å². The average Bonchev–Trinajstić information content (AvgIpc) is 2.56. The SMILES string of the molecule is CC1CCN(c2ccc(CNc3ccc(Br)cn3)cn2)CC1. The van der Waals surface area contributed by atoms with Crippen LogP contribution in [0.2, 0.25) is 0 Å². The van der Waals surface area contributed by atoms with E-state index in [1.165, 1.54) is 18.4 Å². The van der Waals surface area contributed by atoms with Crippen molar-refractivity contribution in [1.29, 1.82) is 0 Å². The van der Waals surface area contributed by atoms with Gasteiger partial charge in [0.25, 0.3) is 0 Å². The van der Waals surface area contributed by atoms with E-state index in [4.69, 9.17) is 0 Å². The van der Waals surface area contributed by atoms with Gasteiger partial charge in [-0.2, -0.15) is 0 Å². The monoisotopic (exact) mass is 360 g/mol. The molecule has 1 aliphatic rings. The highest BCUT2D eigenvalue weighted by molar-refractivity contribution is 9.10. The maximum Gasteiger partial charge on any atom is 0.128 e. The number of nitrogens with one attached hydrogen (secondary N) is 1. The van der Waals surface area contributed by atoms with Gasteiger partial charge in [-0.15, -0.1) is 0 Å². The van der Waals surface area contributed by atoms with E-state index in [9.17, 15) is 0 Å². The maximum atomic E-state index is 4.61. The van der Waals surface area contributed by atoms with Gasteiger partial charge in [-0.3, -0.25) is 0 Å². The van der Waals surface area contributed by atoms with Gasteiger partial charge in [0, 0.05) is 36.5 Å². The van der Waals surface area contributed by atoms with Crippen molar-refractivity contribution in [3.8, 4) is 0 Å². The Morgan fingerprint density at radius 1 is 1.14 bits per heavy atom. The molecule has 3 heterocycles. The molecule has 0 bridgehead atoms. The summed E-state index contributed by atoms with van der Waals surface area (Å²) in [4.78, 5) is 11.3. The van der Waals surface area contributed by atoms with Gasteiger partial charge in [0.05, 0.1) is 0 Å². The molecule has 0 amide bonds. The van der Waals surface area contributed by atoms with E-state index >= 15 is 0 Å². The predicted octanol–water partition coefficient (Wildman–Crippen LogP) is 4.09. The minimum atomic E-state index is 0.735. The second-order valence-electron chi connectivity index (χ2n) is 5.91. The summed E-state index contributed by atoms with van der Waals surface area (Å²) in [6, 6.07) is 8.21. The quantitative estimate of drug-likeness (QED) is 0.891. The van der Waals surface area contributed by atoms with Crippen LogP contribution in [-0.4, -0.2) is 23.1 Å². The van der Waals surface area contributed by atoms with E-state index in [1.807, 2.05) is 18.3 Å². The van der Waals surface area contributed by atoms with E-state index in [-0.39, 0.29) is 0 Å². The molecule has 4 nitrogen and oxygen atoms in total. The fourth-order valence-corrected chi connectivity index (χ4v) is 2.85. The van der Waals surface area contributed by atoms with Crippen molar-refractivity contribution in [2.24, 2.45) is 5.92 Å². The number of aromatic nitrogens is 2. The minimum absolute atomic E-state index is 0.735. The number of halogens is 1. The highest BCUT2D eigenvalue weighted by atomic mass is 79.9. The first kappa shape index (κ1) is 15.3. The molecular weight excluding hydrogens is 340 g/mol. The molecule has 116 valence electrons. The van der Waals surface area contributed by atoms with Crippen molar-refractivity contribution >= 4 is 27.6 Å². The van der Waals surface area contributed by atoms with Crippen molar-refractivity contribution < 1.29 is 0 Å². The lowest BCUT2D eigenvalue weighted by atomic mass is 9.99. The van der Waals surface area contributed by atoms with Crippen molar-refractivity contribution in [2.45, 2.75) is 26.3 Å². The van der Waals surface area contributed by atoms with Crippen LogP contribution in [0.25, 0.3) is 0 Å². The van der Waals surface area contributed by atoms with E-state index in [2.05, 4.69) is 55.2 Å². The van der Waals surface area contributed by atoms with Gasteiger partial charge in [0.2, 0.25) is 0 Å². The fraction of sp³-hybridized carbons (Fsp3) is 0.412. The maximum absolute atomic E-state index is 4.61. The number of hydrogen-bond donors (Lipinski definition) is 1. The molecule has 0 radical (unpaired) electrons. The molecular formula is C17H21BrN4. The number of rotatable bonds is 4. The Bertz CT molecular complexity index is 589. The molecule has 22 heavy (non-hydrogen) atoms. The van der Waals surface area contributed by atoms with Gasteiger partial charge in [0.1, 0.15) is 11.6 Å². The van der Waals surface area contributed by atoms with Crippen LogP contribution in [0, 0.1) is 5.92 Å². The summed E-state index contributed by atoms with van der Waals surface area (Å²) in [5.41, 5.74) is 1.17. The molecule has 0 saturated carbocycles. The smallest absolute Gasteiger partial charge is 0.128 e. The van der Waals surface area contributed by atoms with Crippen molar-refractivity contribution in [3.05, 3.63) is 46.7 Å². The summed E-state index contributed by atoms with van der Waals surface area (Å²) < 4.78 is 0.986. The van der Waals surface area contributed by atoms with E-state index in [0.29, 0.717) is 0 Å². The lowest BCUT2D eigenvalue weighted by Gasteiger charge is -2.31. The Labute approximate surface area is 140 Å². The normalized spacial score (nSPS) is 15.8. The largest absolute Gasteiger partial charge is 0.366 e. The third-order valence-corrected chi connectivity index (χ3v) is 4.59. The first-order valence-electron chi connectivity index (χ1n) is 7.76. The molecule has 1 saturated heterocycles. The number of piperidine rings is 1. The van der Waals surface area contributed by atoms with Crippen LogP contribution in [0.5, 0.6) is 0 Å². The average molecular weight is 361 g/mol. The lowest BCUT2D eigenvalue weighted by Crippen LogP contribution is -2.33. The third kappa shape index (κ3) is 3.97. The molecule has 2 aromatic rings. The minimum Gasteiger partial charge on any atom is -0.366 e. The summed E-state index contributed by atoms with van der Waals surface area (Å²) in [5.74, 6) is 2.81. The Hall–Kier alpha value is -1.62. The number of hydrogen-bond acceptors (Lipinski definition) is 4. The highest BCUT2D eigenvalue weighted by Gasteiger charge is 2.16. The van der Waals surface area contributed by atoms with Crippen LogP contribution in [0.15, 0.2) is 41.1 Å². The first-order valence-corrected chi connectivity index (χ1v) is 8.55. The van der Waals surface area contributed by atoms with Gasteiger partial charge < -0.3 is 10.2 Å². The lowest BCUT2D eigenvalue weighted by molar-refractivity contribution is 0.436. The van der Waals surface area contributed by atoms with E-state index in [0.717, 1.165) is 41.7 Å². The van der Waals surface area contributed by atoms with Crippen LogP contribution < -0.4 is 10.2 Å². The molecule has 0 aromatic carbocycles. The van der Waals surface area contributed by atoms with Crippen molar-refractivity contribution in [2.75, 3.05) is 23.3 Å². The van der Waals surface area contributed by atoms with Crippen LogP contribution in [-0.2, 0) is 6.54 Å². The molecule has 0 unspecified atom stereocenters. The second-order valence-corrected chi connectivity index (χ2v) is 6.83. The summed E-state index contributed by atoms with van der Waals surface area (Å²) >= 11 is 3.39. The van der Waals surface area contributed by atoms with Crippen LogP contribution in [0.4, 0.5) is 11.6 Å². The molecule has 2 aromatic heterocycles. The highest BCUT2D eigenvalue weighted by Crippen LogP contribution is 2.21. The Morgan fingerprint density at radius 2 is 1.95 bits per heavy atom. The molecule has 0 aliphatic carbocycles. The molecule has 1 N–H and O–H groups in total. The second kappa shape index (κ2) is 7.09. The van der Waals surface area contributed by atoms with Crippen LogP contribution in [0.1, 0.15) is 25.3 Å². The van der Waals surface area contributed by atoms with Gasteiger partial charge in [-0.1, -0.05) is 13.0 Å². The molecule has 0 atom stereocenters. The summed E-state index contributed by atoms with van der Waals surface area (Å²) in [6.45, 7) is 5.30. The molecule has 5 heteroatoms. The van der Waals surface area contributed by atoms with E-state index in [1.54, 1.807) is 6.20 Å². The zero-order chi connectivity index (χ0) is 15.4. The number of pyridine rings is 2. The van der Waals surface area contributed by atoms with Gasteiger partial charge in [-0.05, 0) is 58.5 Å². The zero-order valence-corrected chi connectivity index (χ0v) is 14.4. The number of nitrogens with zero attached hydrogens (tertiary/aromatic N) is 3. The number of anilines is 2. The molecule has 3 rings (SSSR count). The standard InChI is InChI=1S/C17H21BrN4/c1-13-6-8-22(9-7-13)17-5-2-14(11-21-17)10-19-16-4-3-15(18)12-20-16/h2-5,11-13H,6-10H2,1H3,(H,19,20). The van der Waals surface area contributed by atoms with Crippen LogP contribution >= 0.6 is 15.9 Å². The topological polar surface area (TPSA) is 41.0 Å². The fourth-order valence-electron chi connectivity index (χ4n) is 2.62. The van der Waals surface area contributed by atoms with E-state index < -0.39 is 0 Å². The summed E-state index contributed by atoms with van der Waals surface area (Å²) in [7, 11) is 0. The van der Waals surface area contributed by atoms with Crippen LogP contribution in [0.3, 0.4) is 0 Å². The molecule has 0 spiro atoms.